The van der Waals surface area contributed by atoms with Crippen LogP contribution in [-0.2, 0) is 27.8 Å². The lowest BCUT2D eigenvalue weighted by atomic mass is 10.2. The van der Waals surface area contributed by atoms with Crippen LogP contribution in [0.1, 0.15) is 5.56 Å². The van der Waals surface area contributed by atoms with Gasteiger partial charge in [0.1, 0.15) is 0 Å². The van der Waals surface area contributed by atoms with Crippen molar-refractivity contribution in [3.05, 3.63) is 29.8 Å². The van der Waals surface area contributed by atoms with Crippen molar-refractivity contribution in [1.29, 1.82) is 0 Å². The van der Waals surface area contributed by atoms with E-state index in [2.05, 4.69) is 8.83 Å². The van der Waals surface area contributed by atoms with Gasteiger partial charge in [-0.2, -0.15) is 4.31 Å². The SMILES string of the molecule is Cc1ccccc1S(=O)(=O)CCOP(=O)(O)OP(=O)(O)O. The number of aryl methyl sites for hydroxylation is 1. The second-order valence-electron chi connectivity index (χ2n) is 3.96. The van der Waals surface area contributed by atoms with E-state index < -0.39 is 37.8 Å². The second-order valence-corrected chi connectivity index (χ2v) is 8.87. The van der Waals surface area contributed by atoms with Crippen molar-refractivity contribution in [1.82, 2.24) is 0 Å². The molecule has 0 fully saturated rings. The molecule has 0 bridgehead atoms. The highest BCUT2D eigenvalue weighted by atomic mass is 32.2. The van der Waals surface area contributed by atoms with Gasteiger partial charge < -0.3 is 14.7 Å². The first kappa shape index (κ1) is 18.5. The highest BCUT2D eigenvalue weighted by Crippen LogP contribution is 2.57. The van der Waals surface area contributed by atoms with Gasteiger partial charge in [0.15, 0.2) is 9.84 Å². The van der Waals surface area contributed by atoms with Gasteiger partial charge in [0.05, 0.1) is 17.3 Å². The first-order chi connectivity index (χ1) is 9.43. The van der Waals surface area contributed by atoms with Crippen LogP contribution in [-0.4, -0.2) is 35.5 Å². The van der Waals surface area contributed by atoms with Gasteiger partial charge in [-0.1, -0.05) is 18.2 Å². The zero-order valence-electron chi connectivity index (χ0n) is 10.8. The van der Waals surface area contributed by atoms with Crippen molar-refractivity contribution in [2.75, 3.05) is 12.4 Å². The first-order valence-corrected chi connectivity index (χ1v) is 10.1. The highest BCUT2D eigenvalue weighted by molar-refractivity contribution is 7.91. The number of benzene rings is 1. The molecule has 0 aliphatic rings. The number of sulfone groups is 1. The monoisotopic (exact) mass is 360 g/mol. The minimum absolute atomic E-state index is 0.0391. The molecule has 1 aromatic carbocycles. The summed E-state index contributed by atoms with van der Waals surface area (Å²) in [5.74, 6) is -0.646. The number of hydrogen-bond donors (Lipinski definition) is 3. The molecule has 0 spiro atoms. The summed E-state index contributed by atoms with van der Waals surface area (Å²) in [5.41, 5.74) is 0.496. The maximum absolute atomic E-state index is 12.0. The predicted molar refractivity (Wildman–Crippen MR) is 72.1 cm³/mol. The van der Waals surface area contributed by atoms with Crippen molar-refractivity contribution in [3.63, 3.8) is 0 Å². The number of hydrogen-bond acceptors (Lipinski definition) is 6. The van der Waals surface area contributed by atoms with Gasteiger partial charge in [-0.3, -0.25) is 4.52 Å². The molecule has 1 aromatic rings. The van der Waals surface area contributed by atoms with E-state index in [1.807, 2.05) is 0 Å². The van der Waals surface area contributed by atoms with E-state index in [9.17, 15) is 17.5 Å². The van der Waals surface area contributed by atoms with E-state index in [1.165, 1.54) is 12.1 Å². The number of phosphoric acid groups is 2. The highest BCUT2D eigenvalue weighted by Gasteiger charge is 2.32. The summed E-state index contributed by atoms with van der Waals surface area (Å²) >= 11 is 0. The van der Waals surface area contributed by atoms with Crippen molar-refractivity contribution in [3.8, 4) is 0 Å². The number of rotatable bonds is 7. The molecule has 0 aliphatic carbocycles. The van der Waals surface area contributed by atoms with Crippen molar-refractivity contribution >= 4 is 25.5 Å². The minimum Gasteiger partial charge on any atom is -0.302 e. The van der Waals surface area contributed by atoms with Gasteiger partial charge in [-0.15, -0.1) is 0 Å². The lowest BCUT2D eigenvalue weighted by Crippen LogP contribution is -2.13. The Morgan fingerprint density at radius 1 is 1.14 bits per heavy atom. The molecular weight excluding hydrogens is 346 g/mol. The smallest absolute Gasteiger partial charge is 0.302 e. The first-order valence-electron chi connectivity index (χ1n) is 5.46. The van der Waals surface area contributed by atoms with Crippen LogP contribution in [0.2, 0.25) is 0 Å². The Labute approximate surface area is 121 Å². The molecule has 3 N–H and O–H groups in total. The lowest BCUT2D eigenvalue weighted by molar-refractivity contribution is 0.185. The summed E-state index contributed by atoms with van der Waals surface area (Å²) < 4.78 is 53.3. The van der Waals surface area contributed by atoms with Crippen LogP contribution in [0, 0.1) is 6.92 Å². The standard InChI is InChI=1S/C9H14O9P2S/c1-8-4-2-3-5-9(8)21(15,16)7-6-17-20(13,14)18-19(10,11)12/h2-5H,6-7H2,1H3,(H,13,14)(H2,10,11,12). The van der Waals surface area contributed by atoms with Gasteiger partial charge in [0.2, 0.25) is 0 Å². The summed E-state index contributed by atoms with van der Waals surface area (Å²) in [6.45, 7) is 0.825. The average Bonchev–Trinajstić information content (AvgIpc) is 2.25. The van der Waals surface area contributed by atoms with E-state index in [-0.39, 0.29) is 4.90 Å². The van der Waals surface area contributed by atoms with Gasteiger partial charge in [-0.05, 0) is 18.6 Å². The van der Waals surface area contributed by atoms with Crippen molar-refractivity contribution in [2.45, 2.75) is 11.8 Å². The summed E-state index contributed by atoms with van der Waals surface area (Å²) in [6.07, 6.45) is 0. The molecule has 0 aliphatic heterocycles. The quantitative estimate of drug-likeness (QED) is 0.605. The summed E-state index contributed by atoms with van der Waals surface area (Å²) in [5, 5.41) is 0. The largest absolute Gasteiger partial charge is 0.481 e. The Balaban J connectivity index is 2.70. The zero-order chi connectivity index (χ0) is 16.3. The Morgan fingerprint density at radius 2 is 1.71 bits per heavy atom. The predicted octanol–water partition coefficient (Wildman–Crippen LogP) is 0.995. The molecule has 12 heteroatoms. The summed E-state index contributed by atoms with van der Waals surface area (Å²) in [4.78, 5) is 25.8. The van der Waals surface area contributed by atoms with E-state index in [0.717, 1.165) is 0 Å². The van der Waals surface area contributed by atoms with Crippen molar-refractivity contribution < 1.29 is 41.1 Å². The van der Waals surface area contributed by atoms with Crippen LogP contribution < -0.4 is 0 Å². The normalized spacial score (nSPS) is 15.6. The molecule has 0 heterocycles. The molecule has 0 aromatic heterocycles. The fourth-order valence-corrected chi connectivity index (χ4v) is 4.51. The van der Waals surface area contributed by atoms with Crippen LogP contribution in [0.5, 0.6) is 0 Å². The molecule has 21 heavy (non-hydrogen) atoms. The third-order valence-electron chi connectivity index (χ3n) is 2.24. The molecule has 0 saturated heterocycles. The minimum atomic E-state index is -5.22. The molecule has 0 amide bonds. The topological polar surface area (TPSA) is 147 Å². The Hall–Kier alpha value is -0.570. The fraction of sp³-hybridized carbons (Fsp3) is 0.333. The summed E-state index contributed by atoms with van der Waals surface area (Å²) in [7, 11) is -14.0. The molecule has 0 radical (unpaired) electrons. The molecule has 1 rings (SSSR count). The molecule has 9 nitrogen and oxygen atoms in total. The second kappa shape index (κ2) is 6.68. The zero-order valence-corrected chi connectivity index (χ0v) is 13.4. The average molecular weight is 360 g/mol. The molecule has 1 atom stereocenters. The van der Waals surface area contributed by atoms with E-state index in [0.29, 0.717) is 5.56 Å². The van der Waals surface area contributed by atoms with Crippen LogP contribution in [0.4, 0.5) is 0 Å². The fourth-order valence-electron chi connectivity index (χ4n) is 1.44. The molecule has 0 saturated carbocycles. The van der Waals surface area contributed by atoms with Crippen LogP contribution in [0.3, 0.4) is 0 Å². The van der Waals surface area contributed by atoms with Crippen LogP contribution >= 0.6 is 15.6 Å². The van der Waals surface area contributed by atoms with Gasteiger partial charge in [0, 0.05) is 0 Å². The van der Waals surface area contributed by atoms with Gasteiger partial charge >= 0.3 is 15.6 Å². The Morgan fingerprint density at radius 3 is 2.24 bits per heavy atom. The molecule has 1 unspecified atom stereocenters. The van der Waals surface area contributed by atoms with E-state index >= 15 is 0 Å². The Kier molecular flexibility index (Phi) is 5.88. The molecular formula is C9H14O9P2S. The van der Waals surface area contributed by atoms with Crippen LogP contribution in [0.25, 0.3) is 0 Å². The molecule has 120 valence electrons. The third-order valence-corrected chi connectivity index (χ3v) is 6.26. The van der Waals surface area contributed by atoms with Gasteiger partial charge in [0.25, 0.3) is 0 Å². The third kappa shape index (κ3) is 6.37. The van der Waals surface area contributed by atoms with Crippen molar-refractivity contribution in [2.24, 2.45) is 0 Å². The maximum atomic E-state index is 12.0. The summed E-state index contributed by atoms with van der Waals surface area (Å²) in [6, 6.07) is 6.13. The van der Waals surface area contributed by atoms with Crippen LogP contribution in [0.15, 0.2) is 29.2 Å². The Bertz CT molecular complexity index is 693. The number of phosphoric ester groups is 1. The lowest BCUT2D eigenvalue weighted by Gasteiger charge is -2.12. The maximum Gasteiger partial charge on any atom is 0.481 e. The van der Waals surface area contributed by atoms with E-state index in [4.69, 9.17) is 14.7 Å². The van der Waals surface area contributed by atoms with Gasteiger partial charge in [-0.25, -0.2) is 17.5 Å². The van der Waals surface area contributed by atoms with E-state index in [1.54, 1.807) is 19.1 Å².